The van der Waals surface area contributed by atoms with Crippen LogP contribution in [-0.2, 0) is 9.59 Å². The fourth-order valence-corrected chi connectivity index (χ4v) is 3.90. The third-order valence-corrected chi connectivity index (χ3v) is 5.59. The van der Waals surface area contributed by atoms with Crippen LogP contribution >= 0.6 is 0 Å². The zero-order valence-corrected chi connectivity index (χ0v) is 17.8. The predicted molar refractivity (Wildman–Crippen MR) is 109 cm³/mol. The van der Waals surface area contributed by atoms with Gasteiger partial charge in [-0.15, -0.1) is 13.2 Å². The topological polar surface area (TPSA) is 169 Å². The van der Waals surface area contributed by atoms with Gasteiger partial charge in [0.25, 0.3) is 5.91 Å². The highest BCUT2D eigenvalue weighted by molar-refractivity contribution is 5.92. The fraction of sp³-hybridized carbons (Fsp3) is 0.550. The van der Waals surface area contributed by atoms with Crippen LogP contribution in [0.25, 0.3) is 0 Å². The van der Waals surface area contributed by atoms with Crippen molar-refractivity contribution >= 4 is 23.5 Å². The molecule has 1 heterocycles. The number of alkyl halides is 3. The highest BCUT2D eigenvalue weighted by Gasteiger charge is 2.49. The van der Waals surface area contributed by atoms with E-state index >= 15 is 0 Å². The summed E-state index contributed by atoms with van der Waals surface area (Å²) < 4.78 is 40.4. The maximum absolute atomic E-state index is 12.7. The average molecular weight is 490 g/mol. The number of piperidine rings is 1. The van der Waals surface area contributed by atoms with E-state index in [4.69, 9.17) is 0 Å². The van der Waals surface area contributed by atoms with E-state index in [9.17, 15) is 42.9 Å². The van der Waals surface area contributed by atoms with Crippen LogP contribution in [0.2, 0.25) is 0 Å². The Morgan fingerprint density at radius 1 is 1.12 bits per heavy atom. The predicted octanol–water partition coefficient (Wildman–Crippen LogP) is -0.283. The van der Waals surface area contributed by atoms with Gasteiger partial charge in [0.05, 0.1) is 12.1 Å². The molecule has 1 aliphatic carbocycles. The van der Waals surface area contributed by atoms with Gasteiger partial charge in [0.1, 0.15) is 23.5 Å². The van der Waals surface area contributed by atoms with Crippen molar-refractivity contribution in [3.05, 3.63) is 24.3 Å². The Balaban J connectivity index is 1.61. The van der Waals surface area contributed by atoms with Crippen LogP contribution < -0.4 is 26.0 Å². The van der Waals surface area contributed by atoms with E-state index in [1.807, 2.05) is 0 Å². The number of hydrogen-bond donors (Lipinski definition) is 7. The van der Waals surface area contributed by atoms with Crippen LogP contribution in [0, 0.1) is 0 Å². The number of carbonyl (C=O) groups is 3. The highest BCUT2D eigenvalue weighted by Crippen LogP contribution is 2.30. The first kappa shape index (κ1) is 25.5. The fourth-order valence-electron chi connectivity index (χ4n) is 3.90. The normalized spacial score (nSPS) is 29.5. The SMILES string of the molecule is O=C(Nc1ccc(OC(F)(F)F)cc1)NC1CC(O)(C(=O)NC2CCCNC2=O)CC(O)C1O. The van der Waals surface area contributed by atoms with Crippen molar-refractivity contribution in [3.63, 3.8) is 0 Å². The molecule has 14 heteroatoms. The van der Waals surface area contributed by atoms with Crippen molar-refractivity contribution in [2.75, 3.05) is 11.9 Å². The van der Waals surface area contributed by atoms with Crippen LogP contribution in [0.1, 0.15) is 25.7 Å². The second-order valence-corrected chi connectivity index (χ2v) is 8.23. The molecule has 1 saturated heterocycles. The summed E-state index contributed by atoms with van der Waals surface area (Å²) in [6.45, 7) is 0.472. The molecule has 34 heavy (non-hydrogen) atoms. The first-order valence-corrected chi connectivity index (χ1v) is 10.5. The van der Waals surface area contributed by atoms with Crippen LogP contribution in [-0.4, -0.2) is 76.0 Å². The molecule has 1 aromatic rings. The molecule has 5 atom stereocenters. The summed E-state index contributed by atoms with van der Waals surface area (Å²) in [5.41, 5.74) is -2.08. The molecule has 0 spiro atoms. The molecule has 0 aromatic heterocycles. The number of nitrogens with one attached hydrogen (secondary N) is 4. The van der Waals surface area contributed by atoms with Crippen LogP contribution in [0.15, 0.2) is 24.3 Å². The van der Waals surface area contributed by atoms with E-state index in [0.717, 1.165) is 24.3 Å². The Bertz CT molecular complexity index is 914. The number of rotatable bonds is 5. The van der Waals surface area contributed by atoms with Gasteiger partial charge in [-0.25, -0.2) is 4.79 Å². The minimum atomic E-state index is -4.87. The highest BCUT2D eigenvalue weighted by atomic mass is 19.4. The minimum absolute atomic E-state index is 0.0918. The number of amides is 4. The van der Waals surface area contributed by atoms with Gasteiger partial charge in [-0.3, -0.25) is 9.59 Å². The number of benzene rings is 1. The summed E-state index contributed by atoms with van der Waals surface area (Å²) in [5.74, 6) is -1.82. The molecule has 188 valence electrons. The number of carbonyl (C=O) groups excluding carboxylic acids is 3. The summed E-state index contributed by atoms with van der Waals surface area (Å²) in [4.78, 5) is 36.9. The number of halogens is 3. The Labute approximate surface area is 191 Å². The standard InChI is InChI=1S/C20H25F3N4O7/c21-20(22,23)34-11-5-3-10(4-6-11)25-18(32)27-13-8-19(33,9-14(28)15(13)29)17(31)26-12-2-1-7-24-16(12)30/h3-6,12-15,28-29,33H,1-2,7-9H2,(H,24,30)(H,26,31)(H2,25,27,32). The van der Waals surface area contributed by atoms with Gasteiger partial charge in [0, 0.05) is 25.1 Å². The molecule has 1 aliphatic heterocycles. The Morgan fingerprint density at radius 3 is 2.41 bits per heavy atom. The quantitative estimate of drug-likeness (QED) is 0.298. The van der Waals surface area contributed by atoms with Crippen molar-refractivity contribution < 1.29 is 47.6 Å². The molecule has 2 aliphatic rings. The van der Waals surface area contributed by atoms with Crippen molar-refractivity contribution in [3.8, 4) is 5.75 Å². The monoisotopic (exact) mass is 490 g/mol. The van der Waals surface area contributed by atoms with Gasteiger partial charge < -0.3 is 41.3 Å². The van der Waals surface area contributed by atoms with Gasteiger partial charge in [0.15, 0.2) is 0 Å². The van der Waals surface area contributed by atoms with Crippen molar-refractivity contribution in [2.24, 2.45) is 0 Å². The summed E-state index contributed by atoms with van der Waals surface area (Å²) in [7, 11) is 0. The maximum Gasteiger partial charge on any atom is 0.573 e. The van der Waals surface area contributed by atoms with E-state index < -0.39 is 72.7 Å². The summed E-state index contributed by atoms with van der Waals surface area (Å²) >= 11 is 0. The van der Waals surface area contributed by atoms with E-state index in [1.165, 1.54) is 0 Å². The molecular formula is C20H25F3N4O7. The van der Waals surface area contributed by atoms with Crippen molar-refractivity contribution in [1.29, 1.82) is 0 Å². The summed E-state index contributed by atoms with van der Waals surface area (Å²) in [6.07, 6.45) is -7.92. The molecule has 0 radical (unpaired) electrons. The Morgan fingerprint density at radius 2 is 1.79 bits per heavy atom. The Kier molecular flexibility index (Phi) is 7.53. The molecular weight excluding hydrogens is 465 g/mol. The Hall–Kier alpha value is -3.10. The van der Waals surface area contributed by atoms with Crippen molar-refractivity contribution in [2.45, 2.75) is 61.9 Å². The van der Waals surface area contributed by atoms with Crippen molar-refractivity contribution in [1.82, 2.24) is 16.0 Å². The van der Waals surface area contributed by atoms with E-state index in [-0.39, 0.29) is 5.69 Å². The number of ether oxygens (including phenoxy) is 1. The van der Waals surface area contributed by atoms with E-state index in [1.54, 1.807) is 0 Å². The second kappa shape index (κ2) is 10.0. The molecule has 0 bridgehead atoms. The summed E-state index contributed by atoms with van der Waals surface area (Å²) in [6, 6.07) is 1.23. The molecule has 2 fully saturated rings. The third-order valence-electron chi connectivity index (χ3n) is 5.59. The largest absolute Gasteiger partial charge is 0.573 e. The average Bonchev–Trinajstić information content (AvgIpc) is 2.73. The summed E-state index contributed by atoms with van der Waals surface area (Å²) in [5, 5.41) is 41.0. The zero-order valence-electron chi connectivity index (χ0n) is 17.8. The number of urea groups is 1. The number of anilines is 1. The van der Waals surface area contributed by atoms with E-state index in [2.05, 4.69) is 26.0 Å². The van der Waals surface area contributed by atoms with Gasteiger partial charge in [-0.05, 0) is 37.1 Å². The lowest BCUT2D eigenvalue weighted by Gasteiger charge is -2.42. The zero-order chi connectivity index (χ0) is 25.1. The second-order valence-electron chi connectivity index (χ2n) is 8.23. The number of aliphatic hydroxyl groups is 3. The maximum atomic E-state index is 12.7. The van der Waals surface area contributed by atoms with Gasteiger partial charge in [0.2, 0.25) is 5.91 Å². The van der Waals surface area contributed by atoms with Gasteiger partial charge in [-0.1, -0.05) is 0 Å². The first-order chi connectivity index (χ1) is 15.9. The lowest BCUT2D eigenvalue weighted by Crippen LogP contribution is -2.65. The van der Waals surface area contributed by atoms with Gasteiger partial charge in [-0.2, -0.15) is 0 Å². The van der Waals surface area contributed by atoms with Crippen LogP contribution in [0.3, 0.4) is 0 Å². The number of hydrogen-bond acceptors (Lipinski definition) is 7. The molecule has 7 N–H and O–H groups in total. The molecule has 1 aromatic carbocycles. The lowest BCUT2D eigenvalue weighted by molar-refractivity contribution is -0.274. The molecule has 3 rings (SSSR count). The smallest absolute Gasteiger partial charge is 0.406 e. The van der Waals surface area contributed by atoms with Crippen LogP contribution in [0.5, 0.6) is 5.75 Å². The first-order valence-electron chi connectivity index (χ1n) is 10.5. The molecule has 1 saturated carbocycles. The lowest BCUT2D eigenvalue weighted by atomic mass is 9.77. The molecule has 5 unspecified atom stereocenters. The third kappa shape index (κ3) is 6.48. The van der Waals surface area contributed by atoms with Crippen LogP contribution in [0.4, 0.5) is 23.7 Å². The number of aliphatic hydroxyl groups excluding tert-OH is 2. The van der Waals surface area contributed by atoms with E-state index in [0.29, 0.717) is 19.4 Å². The van der Waals surface area contributed by atoms with Gasteiger partial charge >= 0.3 is 12.4 Å². The molecule has 4 amide bonds. The molecule has 11 nitrogen and oxygen atoms in total. The minimum Gasteiger partial charge on any atom is -0.406 e.